The predicted molar refractivity (Wildman–Crippen MR) is 64.0 cm³/mol. The zero-order chi connectivity index (χ0) is 10.0. The van der Waals surface area contributed by atoms with Crippen LogP contribution >= 0.6 is 12.4 Å². The van der Waals surface area contributed by atoms with Gasteiger partial charge in [0, 0.05) is 19.8 Å². The molecule has 1 aromatic rings. The van der Waals surface area contributed by atoms with Crippen molar-refractivity contribution in [3.8, 4) is 5.75 Å². The third-order valence-electron chi connectivity index (χ3n) is 2.17. The van der Waals surface area contributed by atoms with E-state index in [9.17, 15) is 0 Å². The number of anilines is 1. The molecule has 0 amide bonds. The smallest absolute Gasteiger partial charge is 1.00 e. The van der Waals surface area contributed by atoms with Crippen molar-refractivity contribution >= 4 is 18.1 Å². The Morgan fingerprint density at radius 2 is 1.44 bits per heavy atom. The Morgan fingerprint density at radius 3 is 1.69 bits per heavy atom. The molecule has 0 fully saturated rings. The van der Waals surface area contributed by atoms with E-state index in [0.717, 1.165) is 5.75 Å². The number of halogens is 2. The van der Waals surface area contributed by atoms with Crippen molar-refractivity contribution in [2.45, 2.75) is 13.8 Å². The molecule has 0 N–H and O–H groups in total. The monoisotopic (exact) mass is 314 g/mol. The molecule has 1 rings (SSSR count). The molecule has 0 atom stereocenters. The number of nitrogens with zero attached hydrogens (tertiary/aromatic N) is 1. The fourth-order valence-electron chi connectivity index (χ4n) is 1.51. The van der Waals surface area contributed by atoms with Crippen LogP contribution in [0, 0.1) is 13.8 Å². The maximum absolute atomic E-state index is 5.29. The molecule has 0 spiro atoms. The fourth-order valence-corrected chi connectivity index (χ4v) is 1.51. The van der Waals surface area contributed by atoms with Gasteiger partial charge in [-0.2, -0.15) is 0 Å². The Balaban J connectivity index is -0.000000563. The molecule has 16 heavy (non-hydrogen) atoms. The van der Waals surface area contributed by atoms with E-state index in [4.69, 9.17) is 4.74 Å². The van der Waals surface area contributed by atoms with E-state index in [1.807, 2.05) is 14.1 Å². The molecule has 0 unspecified atom stereocenters. The third-order valence-corrected chi connectivity index (χ3v) is 2.17. The quantitative estimate of drug-likeness (QED) is 0.701. The van der Waals surface area contributed by atoms with Gasteiger partial charge >= 0.3 is 19.5 Å². The summed E-state index contributed by atoms with van der Waals surface area (Å²) in [6.07, 6.45) is 0. The molecule has 0 aromatic heterocycles. The first-order valence-corrected chi connectivity index (χ1v) is 4.39. The molecule has 0 saturated heterocycles. The summed E-state index contributed by atoms with van der Waals surface area (Å²) < 4.78 is 5.29. The Kier molecular flexibility index (Phi) is 12.1. The van der Waals surface area contributed by atoms with Crippen molar-refractivity contribution in [3.63, 3.8) is 0 Å². The molecule has 0 aliphatic carbocycles. The Bertz CT molecular complexity index is 296. The van der Waals surface area contributed by atoms with Crippen molar-refractivity contribution in [1.29, 1.82) is 0 Å². The van der Waals surface area contributed by atoms with Gasteiger partial charge in [0.05, 0.1) is 7.11 Å². The zero-order valence-corrected chi connectivity index (χ0v) is 15.0. The standard InChI is InChI=1S/C11H17NO.2ClH.Zn/c1-8-6-10(12(3)4)7-9(2)11(8)13-5;;;/h6-7H,1-5H3;2*1H;/q;;;+2/p-1. The number of methoxy groups -OCH3 is 1. The number of hydrogen-bond donors (Lipinski definition) is 0. The van der Waals surface area contributed by atoms with Gasteiger partial charge < -0.3 is 22.0 Å². The summed E-state index contributed by atoms with van der Waals surface area (Å²) in [4.78, 5) is 2.10. The van der Waals surface area contributed by atoms with Crippen molar-refractivity contribution in [2.75, 3.05) is 26.1 Å². The second kappa shape index (κ2) is 9.09. The molecular formula is C11H18Cl2NOZn+. The minimum absolute atomic E-state index is 0. The van der Waals surface area contributed by atoms with E-state index < -0.39 is 0 Å². The van der Waals surface area contributed by atoms with Gasteiger partial charge in [-0.25, -0.2) is 0 Å². The van der Waals surface area contributed by atoms with Crippen LogP contribution in [0.2, 0.25) is 0 Å². The average Bonchev–Trinajstić information content (AvgIpc) is 2.03. The first kappa shape index (κ1) is 21.3. The molecular weight excluding hydrogens is 298 g/mol. The normalized spacial score (nSPS) is 8.06. The number of ether oxygens (including phenoxy) is 1. The van der Waals surface area contributed by atoms with Gasteiger partial charge in [-0.05, 0) is 37.1 Å². The van der Waals surface area contributed by atoms with Crippen LogP contribution in [0.4, 0.5) is 5.69 Å². The largest absolute Gasteiger partial charge is 2.00 e. The van der Waals surface area contributed by atoms with Gasteiger partial charge in [-0.15, -0.1) is 12.4 Å². The van der Waals surface area contributed by atoms with Gasteiger partial charge in [0.2, 0.25) is 0 Å². The van der Waals surface area contributed by atoms with Crippen LogP contribution in [-0.4, -0.2) is 21.2 Å². The van der Waals surface area contributed by atoms with Crippen molar-refractivity contribution in [2.24, 2.45) is 0 Å². The van der Waals surface area contributed by atoms with Crippen LogP contribution in [0.25, 0.3) is 0 Å². The minimum atomic E-state index is 0. The van der Waals surface area contributed by atoms with E-state index in [0.29, 0.717) is 0 Å². The molecule has 0 aliphatic heterocycles. The maximum Gasteiger partial charge on any atom is 2.00 e. The summed E-state index contributed by atoms with van der Waals surface area (Å²) in [6.45, 7) is 4.14. The number of hydrogen-bond acceptors (Lipinski definition) is 2. The second-order valence-electron chi connectivity index (χ2n) is 3.51. The van der Waals surface area contributed by atoms with Crippen LogP contribution in [0.1, 0.15) is 11.1 Å². The van der Waals surface area contributed by atoms with Crippen LogP contribution in [0.5, 0.6) is 5.75 Å². The van der Waals surface area contributed by atoms with Gasteiger partial charge in [-0.1, -0.05) is 0 Å². The maximum atomic E-state index is 5.29. The molecule has 2 nitrogen and oxygen atoms in total. The summed E-state index contributed by atoms with van der Waals surface area (Å²) in [7, 11) is 5.80. The molecule has 0 heterocycles. The zero-order valence-electron chi connectivity index (χ0n) is 10.5. The van der Waals surface area contributed by atoms with E-state index in [1.165, 1.54) is 16.8 Å². The van der Waals surface area contributed by atoms with E-state index in [2.05, 4.69) is 30.9 Å². The SMILES string of the molecule is COc1c(C)cc(N(C)C)cc1C.Cl.[Cl-].[Zn+2]. The second-order valence-corrected chi connectivity index (χ2v) is 3.51. The van der Waals surface area contributed by atoms with Gasteiger partial charge in [0.1, 0.15) is 5.75 Å². The van der Waals surface area contributed by atoms with Crippen LogP contribution < -0.4 is 22.0 Å². The summed E-state index contributed by atoms with van der Waals surface area (Å²) in [5, 5.41) is 0. The molecule has 5 heteroatoms. The van der Waals surface area contributed by atoms with Crippen molar-refractivity contribution in [1.82, 2.24) is 0 Å². The van der Waals surface area contributed by atoms with Crippen molar-refractivity contribution < 1.29 is 36.6 Å². The van der Waals surface area contributed by atoms with Gasteiger partial charge in [0.15, 0.2) is 0 Å². The first-order valence-electron chi connectivity index (χ1n) is 4.39. The van der Waals surface area contributed by atoms with Gasteiger partial charge in [0.25, 0.3) is 0 Å². The summed E-state index contributed by atoms with van der Waals surface area (Å²) >= 11 is 0. The van der Waals surface area contributed by atoms with Crippen LogP contribution in [0.15, 0.2) is 12.1 Å². The fraction of sp³-hybridized carbons (Fsp3) is 0.455. The van der Waals surface area contributed by atoms with Crippen molar-refractivity contribution in [3.05, 3.63) is 23.3 Å². The number of rotatable bonds is 2. The Hall–Kier alpha value is 0.0234. The Labute approximate surface area is 123 Å². The molecule has 0 radical (unpaired) electrons. The molecule has 0 aliphatic rings. The molecule has 88 valence electrons. The molecule has 0 saturated carbocycles. The predicted octanol–water partition coefficient (Wildman–Crippen LogP) is -0.199. The summed E-state index contributed by atoms with van der Waals surface area (Å²) in [6, 6.07) is 4.26. The molecule has 0 bridgehead atoms. The Morgan fingerprint density at radius 1 is 1.06 bits per heavy atom. The minimum Gasteiger partial charge on any atom is -1.00 e. The van der Waals surface area contributed by atoms with E-state index in [-0.39, 0.29) is 44.3 Å². The molecule has 1 aromatic carbocycles. The first-order chi connectivity index (χ1) is 6.06. The topological polar surface area (TPSA) is 12.5 Å². The van der Waals surface area contributed by atoms with E-state index in [1.54, 1.807) is 7.11 Å². The average molecular weight is 317 g/mol. The number of benzene rings is 1. The van der Waals surface area contributed by atoms with E-state index >= 15 is 0 Å². The third kappa shape index (κ3) is 4.90. The van der Waals surface area contributed by atoms with Crippen LogP contribution in [0.3, 0.4) is 0 Å². The summed E-state index contributed by atoms with van der Waals surface area (Å²) in [5.41, 5.74) is 3.59. The number of aryl methyl sites for hydroxylation is 2. The van der Waals surface area contributed by atoms with Crippen LogP contribution in [-0.2, 0) is 19.5 Å². The summed E-state index contributed by atoms with van der Waals surface area (Å²) in [5.74, 6) is 0.991. The van der Waals surface area contributed by atoms with Gasteiger partial charge in [-0.3, -0.25) is 0 Å².